The fourth-order valence-corrected chi connectivity index (χ4v) is 0.342. The second kappa shape index (κ2) is 4.05. The Kier molecular flexibility index (Phi) is 3.98. The third-order valence-electron chi connectivity index (χ3n) is 0.607. The van der Waals surface area contributed by atoms with Crippen LogP contribution in [0.25, 0.3) is 0 Å². The second-order valence-corrected chi connectivity index (χ2v) is 1.08. The molecule has 7 heavy (non-hydrogen) atoms. The van der Waals surface area contributed by atoms with Crippen molar-refractivity contribution in [3.8, 4) is 0 Å². The Balaban J connectivity index is 0.000000360. The second-order valence-electron chi connectivity index (χ2n) is 1.08. The van der Waals surface area contributed by atoms with Crippen molar-refractivity contribution in [1.82, 2.24) is 0 Å². The number of hydrogen-bond acceptors (Lipinski definition) is 0. The quantitative estimate of drug-likeness (QED) is 0.422. The first-order chi connectivity index (χ1) is 3.00. The van der Waals surface area contributed by atoms with Gasteiger partial charge in [0.2, 0.25) is 0 Å². The monoisotopic (exact) mass is 183 g/mol. The van der Waals surface area contributed by atoms with Crippen molar-refractivity contribution in [2.45, 2.75) is 0 Å². The van der Waals surface area contributed by atoms with Crippen molar-refractivity contribution in [2.24, 2.45) is 0 Å². The molecule has 0 aliphatic rings. The third kappa shape index (κ3) is 2.56. The van der Waals surface area contributed by atoms with Crippen molar-refractivity contribution in [1.29, 1.82) is 0 Å². The Hall–Kier alpha value is -0.118. The van der Waals surface area contributed by atoms with Gasteiger partial charge >= 0.3 is 0 Å². The summed E-state index contributed by atoms with van der Waals surface area (Å²) in [6, 6.07) is 12.5. The molecule has 0 unspecified atom stereocenters. The first-order valence-corrected chi connectivity index (χ1v) is 1.91. The molecule has 40 valence electrons. The van der Waals surface area contributed by atoms with Gasteiger partial charge in [0.1, 0.15) is 0 Å². The van der Waals surface area contributed by atoms with Gasteiger partial charge in [0, 0.05) is 20.4 Å². The van der Waals surface area contributed by atoms with Crippen molar-refractivity contribution in [2.75, 3.05) is 0 Å². The van der Waals surface area contributed by atoms with Crippen molar-refractivity contribution < 1.29 is 20.4 Å². The third-order valence-corrected chi connectivity index (χ3v) is 0.607. The minimum absolute atomic E-state index is 0. The van der Waals surface area contributed by atoms with Crippen LogP contribution in [0.2, 0.25) is 0 Å². The zero-order valence-corrected chi connectivity index (χ0v) is 5.26. The largest absolute Gasteiger partial charge is 0.184 e. The molecule has 1 aromatic carbocycles. The van der Waals surface area contributed by atoms with Crippen LogP contribution < -0.4 is 0 Å². The van der Waals surface area contributed by atoms with E-state index in [0.717, 1.165) is 0 Å². The van der Waals surface area contributed by atoms with E-state index in [4.69, 9.17) is 0 Å². The van der Waals surface area contributed by atoms with Crippen LogP contribution in [0.5, 0.6) is 0 Å². The zero-order chi connectivity index (χ0) is 4.24. The Bertz CT molecular complexity index is 76.1. The average Bonchev–Trinajstić information content (AvgIpc) is 1.72. The smallest absolute Gasteiger partial charge is 0 e. The van der Waals surface area contributed by atoms with Gasteiger partial charge in [-0.25, -0.2) is 0 Å². The van der Waals surface area contributed by atoms with E-state index in [1.807, 2.05) is 30.3 Å². The molecule has 0 heterocycles. The summed E-state index contributed by atoms with van der Waals surface area (Å²) in [4.78, 5) is 0. The average molecular weight is 184 g/mol. The van der Waals surface area contributed by atoms with Crippen LogP contribution >= 0.6 is 0 Å². The molecule has 0 nitrogen and oxygen atoms in total. The first-order valence-electron chi connectivity index (χ1n) is 1.91. The molecule has 0 aliphatic heterocycles. The van der Waals surface area contributed by atoms with Gasteiger partial charge in [-0.1, -0.05) is 0 Å². The number of hydrogen-bond donors (Lipinski definition) is 0. The molecule has 0 fully saturated rings. The summed E-state index contributed by atoms with van der Waals surface area (Å²) in [7, 11) is 0. The van der Waals surface area contributed by atoms with Crippen LogP contribution in [0, 0.1) is 6.07 Å². The molecule has 0 aromatic heterocycles. The van der Waals surface area contributed by atoms with E-state index in [0.29, 0.717) is 0 Å². The Labute approximate surface area is 57.2 Å². The fourth-order valence-electron chi connectivity index (χ4n) is 0.342. The summed E-state index contributed by atoms with van der Waals surface area (Å²) in [6.07, 6.45) is 0. The summed E-state index contributed by atoms with van der Waals surface area (Å²) in [5.41, 5.74) is 0. The maximum atomic E-state index is 2.89. The van der Waals surface area contributed by atoms with Crippen LogP contribution in [0.1, 0.15) is 0 Å². The van der Waals surface area contributed by atoms with Gasteiger partial charge < -0.3 is 0 Å². The van der Waals surface area contributed by atoms with Crippen LogP contribution in [-0.4, -0.2) is 0 Å². The maximum absolute atomic E-state index is 2.89. The van der Waals surface area contributed by atoms with Gasteiger partial charge in [-0.2, -0.15) is 36.4 Å². The molecule has 0 saturated carbocycles. The van der Waals surface area contributed by atoms with Crippen molar-refractivity contribution >= 4 is 0 Å². The van der Waals surface area contributed by atoms with E-state index in [9.17, 15) is 0 Å². The van der Waals surface area contributed by atoms with E-state index in [-0.39, 0.29) is 20.4 Å². The van der Waals surface area contributed by atoms with Gasteiger partial charge in [0.05, 0.1) is 0 Å². The zero-order valence-electron chi connectivity index (χ0n) is 3.70. The normalized spacial score (nSPS) is 6.86. The molecule has 0 saturated heterocycles. The number of rotatable bonds is 0. The fraction of sp³-hybridized carbons (Fsp3) is 0. The summed E-state index contributed by atoms with van der Waals surface area (Å²) in [5.74, 6) is 0. The minimum atomic E-state index is 0. The van der Waals surface area contributed by atoms with Gasteiger partial charge in [0.25, 0.3) is 0 Å². The molecular weight excluding hydrogens is 178 g/mol. The molecule has 1 rings (SSSR count). The van der Waals surface area contributed by atoms with Gasteiger partial charge in [-0.05, 0) is 0 Å². The van der Waals surface area contributed by atoms with Crippen molar-refractivity contribution in [3.05, 3.63) is 36.4 Å². The summed E-state index contributed by atoms with van der Waals surface area (Å²) < 4.78 is 0. The molecule has 0 N–H and O–H groups in total. The van der Waals surface area contributed by atoms with E-state index < -0.39 is 0 Å². The van der Waals surface area contributed by atoms with E-state index in [2.05, 4.69) is 6.07 Å². The Morgan fingerprint density at radius 1 is 0.857 bits per heavy atom. The predicted molar refractivity (Wildman–Crippen MR) is 25.3 cm³/mol. The van der Waals surface area contributed by atoms with Crippen LogP contribution in [0.4, 0.5) is 0 Å². The Morgan fingerprint density at radius 3 is 1.57 bits per heavy atom. The predicted octanol–water partition coefficient (Wildman–Crippen LogP) is 1.48. The molecule has 0 amide bonds. The molecule has 1 heteroatoms. The molecule has 0 bridgehead atoms. The first kappa shape index (κ1) is 6.88. The molecule has 0 radical (unpaired) electrons. The molecule has 1 aromatic rings. The molecule has 0 spiro atoms. The number of benzene rings is 1. The SMILES string of the molecule is [Pd].[c-]1ccccc1. The van der Waals surface area contributed by atoms with Crippen LogP contribution in [0.15, 0.2) is 30.3 Å². The molecular formula is C6H5Pd-. The maximum Gasteiger partial charge on any atom is 0 e. The van der Waals surface area contributed by atoms with Crippen LogP contribution in [-0.2, 0) is 20.4 Å². The van der Waals surface area contributed by atoms with Crippen molar-refractivity contribution in [3.63, 3.8) is 0 Å². The van der Waals surface area contributed by atoms with Crippen LogP contribution in [0.3, 0.4) is 0 Å². The van der Waals surface area contributed by atoms with Gasteiger partial charge in [-0.15, -0.1) is 0 Å². The summed E-state index contributed by atoms with van der Waals surface area (Å²) in [5, 5.41) is 0. The topological polar surface area (TPSA) is 0 Å². The van der Waals surface area contributed by atoms with E-state index in [1.165, 1.54) is 0 Å². The van der Waals surface area contributed by atoms with Gasteiger partial charge in [0.15, 0.2) is 0 Å². The summed E-state index contributed by atoms with van der Waals surface area (Å²) >= 11 is 0. The summed E-state index contributed by atoms with van der Waals surface area (Å²) in [6.45, 7) is 0. The van der Waals surface area contributed by atoms with E-state index in [1.54, 1.807) is 0 Å². The minimum Gasteiger partial charge on any atom is -0.184 e. The molecule has 0 atom stereocenters. The Morgan fingerprint density at radius 2 is 1.43 bits per heavy atom. The van der Waals surface area contributed by atoms with E-state index >= 15 is 0 Å². The molecule has 0 aliphatic carbocycles. The standard InChI is InChI=1S/C6H5.Pd/c1-2-4-6-5-3-1;/h1-5H;/q-1;. The van der Waals surface area contributed by atoms with Gasteiger partial charge in [-0.3, -0.25) is 0 Å².